The summed E-state index contributed by atoms with van der Waals surface area (Å²) in [4.78, 5) is 0. The van der Waals surface area contributed by atoms with Gasteiger partial charge in [-0.15, -0.1) is 0 Å². The van der Waals surface area contributed by atoms with E-state index < -0.39 is 0 Å². The van der Waals surface area contributed by atoms with E-state index in [-0.39, 0.29) is 5.60 Å². The molecule has 24 heavy (non-hydrogen) atoms. The van der Waals surface area contributed by atoms with Crippen LogP contribution in [-0.4, -0.2) is 10.7 Å². The molecule has 5 saturated carbocycles. The van der Waals surface area contributed by atoms with E-state index in [1.807, 2.05) is 0 Å². The average molecular weight is 331 g/mol. The molecule has 5 aliphatic rings. The summed E-state index contributed by atoms with van der Waals surface area (Å²) in [5.74, 6) is 4.87. The van der Waals surface area contributed by atoms with E-state index in [2.05, 4.69) is 27.7 Å². The Morgan fingerprint density at radius 3 is 2.38 bits per heavy atom. The molecule has 0 aromatic rings. The summed E-state index contributed by atoms with van der Waals surface area (Å²) in [6.45, 7) is 9.72. The maximum Gasteiger partial charge on any atom is 0.0625 e. The van der Waals surface area contributed by atoms with Gasteiger partial charge in [0.2, 0.25) is 0 Å². The van der Waals surface area contributed by atoms with Crippen LogP contribution in [0.5, 0.6) is 0 Å². The van der Waals surface area contributed by atoms with E-state index in [1.165, 1.54) is 51.4 Å². The van der Waals surface area contributed by atoms with Gasteiger partial charge in [0.1, 0.15) is 0 Å². The number of hydrogen-bond donors (Lipinski definition) is 1. The first kappa shape index (κ1) is 16.2. The van der Waals surface area contributed by atoms with Crippen LogP contribution in [0.2, 0.25) is 0 Å². The quantitative estimate of drug-likeness (QED) is 0.643. The van der Waals surface area contributed by atoms with Gasteiger partial charge in [-0.3, -0.25) is 0 Å². The number of aliphatic hydroxyl groups is 1. The lowest BCUT2D eigenvalue weighted by Gasteiger charge is -2.57. The van der Waals surface area contributed by atoms with Crippen molar-refractivity contribution in [1.29, 1.82) is 0 Å². The summed E-state index contributed by atoms with van der Waals surface area (Å²) in [6, 6.07) is 0. The number of rotatable bonds is 1. The summed E-state index contributed by atoms with van der Waals surface area (Å²) >= 11 is 0. The molecule has 0 aromatic heterocycles. The van der Waals surface area contributed by atoms with Crippen LogP contribution in [-0.2, 0) is 0 Å². The van der Waals surface area contributed by atoms with E-state index >= 15 is 0 Å². The Morgan fingerprint density at radius 2 is 1.62 bits per heavy atom. The zero-order valence-electron chi connectivity index (χ0n) is 16.4. The van der Waals surface area contributed by atoms with Crippen molar-refractivity contribution in [2.24, 2.45) is 45.8 Å². The molecule has 0 bridgehead atoms. The fourth-order valence-corrected chi connectivity index (χ4v) is 9.55. The lowest BCUT2D eigenvalue weighted by molar-refractivity contribution is -0.102. The third-order valence-corrected chi connectivity index (χ3v) is 10.4. The van der Waals surface area contributed by atoms with Crippen LogP contribution < -0.4 is 0 Å². The van der Waals surface area contributed by atoms with E-state index in [4.69, 9.17) is 0 Å². The highest BCUT2D eigenvalue weighted by Crippen LogP contribution is 2.84. The molecule has 0 heterocycles. The highest BCUT2D eigenvalue weighted by molar-refractivity contribution is 5.25. The van der Waals surface area contributed by atoms with Crippen molar-refractivity contribution < 1.29 is 5.11 Å². The minimum atomic E-state index is -0.369. The van der Waals surface area contributed by atoms with Gasteiger partial charge in [-0.05, 0) is 117 Å². The third-order valence-electron chi connectivity index (χ3n) is 10.4. The average Bonchev–Trinajstić information content (AvgIpc) is 3.03. The monoisotopic (exact) mass is 330 g/mol. The van der Waals surface area contributed by atoms with Crippen LogP contribution in [0.4, 0.5) is 0 Å². The van der Waals surface area contributed by atoms with Crippen LogP contribution >= 0.6 is 0 Å². The second-order valence-electron chi connectivity index (χ2n) is 11.7. The second kappa shape index (κ2) is 4.62. The fourth-order valence-electron chi connectivity index (χ4n) is 9.55. The number of fused-ring (bicyclic) bond motifs is 3. The van der Waals surface area contributed by atoms with Gasteiger partial charge in [-0.2, -0.15) is 0 Å². The molecule has 0 saturated heterocycles. The topological polar surface area (TPSA) is 20.2 Å². The van der Waals surface area contributed by atoms with Gasteiger partial charge in [0.15, 0.2) is 0 Å². The third kappa shape index (κ3) is 1.81. The summed E-state index contributed by atoms with van der Waals surface area (Å²) in [5.41, 5.74) is 1.49. The molecule has 5 fully saturated rings. The first-order valence-corrected chi connectivity index (χ1v) is 11.0. The van der Waals surface area contributed by atoms with Crippen LogP contribution in [0.3, 0.4) is 0 Å². The summed E-state index contributed by atoms with van der Waals surface area (Å²) in [5, 5.41) is 10.7. The zero-order chi connectivity index (χ0) is 17.0. The molecular weight excluding hydrogens is 292 g/mol. The van der Waals surface area contributed by atoms with Gasteiger partial charge in [0.25, 0.3) is 0 Å². The normalized spacial score (nSPS) is 61.8. The molecule has 0 aliphatic heterocycles. The molecule has 1 nitrogen and oxygen atoms in total. The van der Waals surface area contributed by atoms with Crippen LogP contribution in [0, 0.1) is 45.8 Å². The molecule has 0 radical (unpaired) electrons. The Bertz CT molecular complexity index is 550. The Hall–Kier alpha value is -0.0400. The lowest BCUT2D eigenvalue weighted by atomic mass is 9.48. The van der Waals surface area contributed by atoms with Gasteiger partial charge in [0, 0.05) is 0 Å². The van der Waals surface area contributed by atoms with Gasteiger partial charge in [-0.25, -0.2) is 0 Å². The van der Waals surface area contributed by atoms with E-state index in [9.17, 15) is 5.11 Å². The second-order valence-corrected chi connectivity index (χ2v) is 11.7. The molecule has 0 spiro atoms. The first-order valence-electron chi connectivity index (χ1n) is 11.0. The lowest BCUT2D eigenvalue weighted by Crippen LogP contribution is -2.50. The highest BCUT2D eigenvalue weighted by atomic mass is 16.3. The van der Waals surface area contributed by atoms with Crippen molar-refractivity contribution in [3.05, 3.63) is 0 Å². The van der Waals surface area contributed by atoms with Gasteiger partial charge in [0.05, 0.1) is 5.60 Å². The van der Waals surface area contributed by atoms with Gasteiger partial charge in [-0.1, -0.05) is 20.8 Å². The maximum absolute atomic E-state index is 10.7. The van der Waals surface area contributed by atoms with Crippen LogP contribution in [0.1, 0.15) is 91.9 Å². The Labute approximate surface area is 149 Å². The van der Waals surface area contributed by atoms with Gasteiger partial charge >= 0.3 is 0 Å². The highest BCUT2D eigenvalue weighted by Gasteiger charge is 2.76. The molecule has 0 amide bonds. The van der Waals surface area contributed by atoms with E-state index in [0.29, 0.717) is 16.2 Å². The van der Waals surface area contributed by atoms with E-state index in [1.54, 1.807) is 0 Å². The molecule has 5 aliphatic carbocycles. The van der Waals surface area contributed by atoms with Crippen LogP contribution in [0.25, 0.3) is 0 Å². The van der Waals surface area contributed by atoms with Gasteiger partial charge < -0.3 is 5.11 Å². The fraction of sp³-hybridized carbons (Fsp3) is 1.00. The molecular formula is C23H38O. The van der Waals surface area contributed by atoms with Crippen molar-refractivity contribution in [2.45, 2.75) is 97.5 Å². The van der Waals surface area contributed by atoms with Crippen molar-refractivity contribution in [1.82, 2.24) is 0 Å². The number of hydrogen-bond acceptors (Lipinski definition) is 1. The molecule has 8 atom stereocenters. The molecule has 136 valence electrons. The van der Waals surface area contributed by atoms with Crippen molar-refractivity contribution in [3.63, 3.8) is 0 Å². The minimum absolute atomic E-state index is 0.369. The standard InChI is InChI=1S/C23H38O/c1-15(2)17-5-6-18-16-7-10-22-13-20(3,24)11-12-23(22,14-22)19(16)8-9-21(17,18)4/h15-19,24H,5-14H2,1-4H3/t16-,17?,18-,19-,20+,21+,22+,23-/m0/s1. The zero-order valence-corrected chi connectivity index (χ0v) is 16.4. The SMILES string of the molecule is CC(C)C1CC[C@H]2[C@@H]3CC[C@]45C[C@](C)(O)CC[C@]4(C5)[C@H]3CC[C@]12C. The Kier molecular flexibility index (Phi) is 3.11. The van der Waals surface area contributed by atoms with Crippen molar-refractivity contribution in [2.75, 3.05) is 0 Å². The van der Waals surface area contributed by atoms with Crippen LogP contribution in [0.15, 0.2) is 0 Å². The molecule has 1 N–H and O–H groups in total. The predicted molar refractivity (Wildman–Crippen MR) is 98.6 cm³/mol. The van der Waals surface area contributed by atoms with Crippen molar-refractivity contribution >= 4 is 0 Å². The smallest absolute Gasteiger partial charge is 0.0625 e. The summed E-state index contributed by atoms with van der Waals surface area (Å²) in [6.07, 6.45) is 13.9. The van der Waals surface area contributed by atoms with E-state index in [0.717, 1.165) is 42.4 Å². The maximum atomic E-state index is 10.7. The Balaban J connectivity index is 1.44. The largest absolute Gasteiger partial charge is 0.390 e. The Morgan fingerprint density at radius 1 is 0.833 bits per heavy atom. The summed E-state index contributed by atoms with van der Waals surface area (Å²) in [7, 11) is 0. The molecule has 1 unspecified atom stereocenters. The molecule has 5 rings (SSSR count). The first-order chi connectivity index (χ1) is 11.2. The molecule has 1 heteroatoms. The molecule has 0 aromatic carbocycles. The summed E-state index contributed by atoms with van der Waals surface area (Å²) < 4.78 is 0. The van der Waals surface area contributed by atoms with Crippen molar-refractivity contribution in [3.8, 4) is 0 Å². The predicted octanol–water partition coefficient (Wildman–Crippen LogP) is 5.81. The minimum Gasteiger partial charge on any atom is -0.390 e.